The maximum absolute atomic E-state index is 12.4. The zero-order valence-corrected chi connectivity index (χ0v) is 20.5. The predicted molar refractivity (Wildman–Crippen MR) is 141 cm³/mol. The number of nitrogens with zero attached hydrogens (tertiary/aromatic N) is 4. The zero-order chi connectivity index (χ0) is 24.6. The molecule has 2 N–H and O–H groups in total. The minimum atomic E-state index is -0.356. The van der Waals surface area contributed by atoms with Crippen LogP contribution in [0.1, 0.15) is 36.8 Å². The quantitative estimate of drug-likeness (QED) is 0.392. The number of hydrogen-bond acceptors (Lipinski definition) is 7. The number of nitrogens with one attached hydrogen (secondary N) is 2. The van der Waals surface area contributed by atoms with Crippen LogP contribution in [0.4, 0.5) is 11.6 Å². The van der Waals surface area contributed by atoms with E-state index in [1.807, 2.05) is 6.07 Å². The number of unbranched alkanes of at least 4 members (excludes halogenated alkanes) is 2. The summed E-state index contributed by atoms with van der Waals surface area (Å²) in [6, 6.07) is 10.7. The molecule has 1 aliphatic carbocycles. The fraction of sp³-hybridized carbons (Fsp3) is 0.429. The SMILES string of the molecule is O=C(C#CCCCCN1CCOCC1)Nc1cc2c(NC3CCc4ccccc4C3)ncnc2cn1. The minimum Gasteiger partial charge on any atom is -0.379 e. The lowest BCUT2D eigenvalue weighted by molar-refractivity contribution is -0.111. The second kappa shape index (κ2) is 11.9. The molecule has 1 unspecified atom stereocenters. The highest BCUT2D eigenvalue weighted by molar-refractivity contribution is 6.04. The fourth-order valence-corrected chi connectivity index (χ4v) is 4.82. The maximum Gasteiger partial charge on any atom is 0.301 e. The van der Waals surface area contributed by atoms with Gasteiger partial charge in [0.25, 0.3) is 0 Å². The topological polar surface area (TPSA) is 92.3 Å². The standard InChI is InChI=1S/C28H32N6O2/c35-27(9-3-1-2-6-12-34-13-15-36-16-14-34)33-26-18-24-25(19-29-26)30-20-31-28(24)32-23-11-10-21-7-4-5-8-22(21)17-23/h4-5,7-8,18-20,23H,1-2,6,10-17H2,(H,29,33,35)(H,30,31,32). The van der Waals surface area contributed by atoms with Crippen LogP contribution in [0.3, 0.4) is 0 Å². The Bertz CT molecular complexity index is 1260. The van der Waals surface area contributed by atoms with E-state index in [9.17, 15) is 4.79 Å². The average Bonchev–Trinajstić information content (AvgIpc) is 2.91. The van der Waals surface area contributed by atoms with Crippen molar-refractivity contribution in [2.75, 3.05) is 43.5 Å². The number of carbonyl (C=O) groups excluding carboxylic acids is 1. The van der Waals surface area contributed by atoms with Gasteiger partial charge in [-0.05, 0) is 61.8 Å². The van der Waals surface area contributed by atoms with Gasteiger partial charge in [-0.3, -0.25) is 15.0 Å². The van der Waals surface area contributed by atoms with Crippen LogP contribution in [0.2, 0.25) is 0 Å². The van der Waals surface area contributed by atoms with Crippen molar-refractivity contribution in [1.29, 1.82) is 0 Å². The molecule has 1 atom stereocenters. The van der Waals surface area contributed by atoms with E-state index in [-0.39, 0.29) is 5.91 Å². The fourth-order valence-electron chi connectivity index (χ4n) is 4.82. The predicted octanol–water partition coefficient (Wildman–Crippen LogP) is 3.44. The molecule has 1 aliphatic heterocycles. The number of benzene rings is 1. The van der Waals surface area contributed by atoms with Gasteiger partial charge in [-0.15, -0.1) is 0 Å². The van der Waals surface area contributed by atoms with Crippen molar-refractivity contribution in [2.24, 2.45) is 0 Å². The highest BCUT2D eigenvalue weighted by atomic mass is 16.5. The van der Waals surface area contributed by atoms with E-state index in [2.05, 4.69) is 66.6 Å². The Hall–Kier alpha value is -3.54. The molecule has 1 saturated heterocycles. The zero-order valence-electron chi connectivity index (χ0n) is 20.5. The van der Waals surface area contributed by atoms with Crippen LogP contribution in [0.5, 0.6) is 0 Å². The Morgan fingerprint density at radius 3 is 2.86 bits per heavy atom. The second-order valence-electron chi connectivity index (χ2n) is 9.33. The molecule has 1 amide bonds. The number of morpholine rings is 1. The van der Waals surface area contributed by atoms with Crippen molar-refractivity contribution in [3.05, 3.63) is 54.0 Å². The number of fused-ring (bicyclic) bond motifs is 2. The van der Waals surface area contributed by atoms with E-state index in [1.54, 1.807) is 12.5 Å². The lowest BCUT2D eigenvalue weighted by Crippen LogP contribution is -2.36. The molecule has 2 aromatic heterocycles. The van der Waals surface area contributed by atoms with Crippen LogP contribution in [0, 0.1) is 11.8 Å². The molecular weight excluding hydrogens is 452 g/mol. The molecule has 1 aromatic carbocycles. The summed E-state index contributed by atoms with van der Waals surface area (Å²) < 4.78 is 5.37. The Balaban J connectivity index is 1.16. The first-order chi connectivity index (χ1) is 17.7. The number of carbonyl (C=O) groups is 1. The van der Waals surface area contributed by atoms with Gasteiger partial charge < -0.3 is 10.1 Å². The van der Waals surface area contributed by atoms with E-state index < -0.39 is 0 Å². The highest BCUT2D eigenvalue weighted by Gasteiger charge is 2.19. The number of pyridine rings is 1. The molecule has 0 radical (unpaired) electrons. The van der Waals surface area contributed by atoms with E-state index in [0.717, 1.165) is 81.7 Å². The van der Waals surface area contributed by atoms with Gasteiger partial charge in [0.05, 0.1) is 24.9 Å². The van der Waals surface area contributed by atoms with Gasteiger partial charge in [-0.1, -0.05) is 30.2 Å². The van der Waals surface area contributed by atoms with Crippen LogP contribution >= 0.6 is 0 Å². The smallest absolute Gasteiger partial charge is 0.301 e. The molecule has 186 valence electrons. The lowest BCUT2D eigenvalue weighted by Gasteiger charge is -2.26. The maximum atomic E-state index is 12.4. The van der Waals surface area contributed by atoms with E-state index >= 15 is 0 Å². The van der Waals surface area contributed by atoms with Crippen molar-refractivity contribution in [3.63, 3.8) is 0 Å². The molecular formula is C28H32N6O2. The third-order valence-corrected chi connectivity index (χ3v) is 6.78. The molecule has 2 aliphatic rings. The molecule has 36 heavy (non-hydrogen) atoms. The van der Waals surface area contributed by atoms with Crippen molar-refractivity contribution in [1.82, 2.24) is 19.9 Å². The number of amides is 1. The van der Waals surface area contributed by atoms with Crippen LogP contribution < -0.4 is 10.6 Å². The summed E-state index contributed by atoms with van der Waals surface area (Å²) in [7, 11) is 0. The number of rotatable bonds is 7. The van der Waals surface area contributed by atoms with Crippen LogP contribution in [-0.4, -0.2) is 64.6 Å². The summed E-state index contributed by atoms with van der Waals surface area (Å²) in [4.78, 5) is 27.9. The van der Waals surface area contributed by atoms with Crippen LogP contribution in [0.25, 0.3) is 10.9 Å². The molecule has 3 heterocycles. The number of aromatic nitrogens is 3. The largest absolute Gasteiger partial charge is 0.379 e. The van der Waals surface area contributed by atoms with E-state index in [4.69, 9.17) is 4.74 Å². The van der Waals surface area contributed by atoms with Gasteiger partial charge in [0.15, 0.2) is 0 Å². The summed E-state index contributed by atoms with van der Waals surface area (Å²) in [6.45, 7) is 4.71. The normalized spacial score (nSPS) is 17.6. The van der Waals surface area contributed by atoms with Gasteiger partial charge >= 0.3 is 5.91 Å². The first-order valence-corrected chi connectivity index (χ1v) is 12.8. The Kier molecular flexibility index (Phi) is 8.01. The van der Waals surface area contributed by atoms with Crippen LogP contribution in [-0.2, 0) is 22.4 Å². The highest BCUT2D eigenvalue weighted by Crippen LogP contribution is 2.26. The number of aryl methyl sites for hydroxylation is 1. The Morgan fingerprint density at radius 1 is 1.11 bits per heavy atom. The minimum absolute atomic E-state index is 0.290. The van der Waals surface area contributed by atoms with Crippen molar-refractivity contribution in [2.45, 2.75) is 44.6 Å². The number of hydrogen-bond donors (Lipinski definition) is 2. The first-order valence-electron chi connectivity index (χ1n) is 12.8. The number of ether oxygens (including phenoxy) is 1. The van der Waals surface area contributed by atoms with E-state index in [1.165, 1.54) is 11.1 Å². The second-order valence-corrected chi connectivity index (χ2v) is 9.33. The third-order valence-electron chi connectivity index (χ3n) is 6.78. The molecule has 0 saturated carbocycles. The van der Waals surface area contributed by atoms with Gasteiger partial charge in [-0.2, -0.15) is 0 Å². The summed E-state index contributed by atoms with van der Waals surface area (Å²) in [6.07, 6.45) is 9.01. The molecule has 8 nitrogen and oxygen atoms in total. The Labute approximate surface area is 211 Å². The van der Waals surface area contributed by atoms with E-state index in [0.29, 0.717) is 18.3 Å². The molecule has 0 spiro atoms. The van der Waals surface area contributed by atoms with Crippen molar-refractivity contribution in [3.8, 4) is 11.8 Å². The van der Waals surface area contributed by atoms with Gasteiger partial charge in [0.1, 0.15) is 18.0 Å². The van der Waals surface area contributed by atoms with Crippen molar-refractivity contribution < 1.29 is 9.53 Å². The molecule has 5 rings (SSSR count). The molecule has 3 aromatic rings. The molecule has 8 heteroatoms. The molecule has 0 bridgehead atoms. The number of anilines is 2. The first kappa shape index (κ1) is 24.2. The summed E-state index contributed by atoms with van der Waals surface area (Å²) in [5.74, 6) is 6.52. The Morgan fingerprint density at radius 2 is 1.97 bits per heavy atom. The third kappa shape index (κ3) is 6.36. The monoisotopic (exact) mass is 484 g/mol. The van der Waals surface area contributed by atoms with Crippen molar-refractivity contribution >= 4 is 28.4 Å². The molecule has 1 fully saturated rings. The average molecular weight is 485 g/mol. The van der Waals surface area contributed by atoms with Gasteiger partial charge in [-0.25, -0.2) is 15.0 Å². The van der Waals surface area contributed by atoms with Crippen LogP contribution in [0.15, 0.2) is 42.9 Å². The summed E-state index contributed by atoms with van der Waals surface area (Å²) in [5.41, 5.74) is 3.54. The summed E-state index contributed by atoms with van der Waals surface area (Å²) >= 11 is 0. The van der Waals surface area contributed by atoms with Gasteiger partial charge in [0, 0.05) is 30.9 Å². The van der Waals surface area contributed by atoms with Gasteiger partial charge in [0.2, 0.25) is 0 Å². The summed E-state index contributed by atoms with van der Waals surface area (Å²) in [5, 5.41) is 7.22. The lowest BCUT2D eigenvalue weighted by atomic mass is 9.88.